The fraction of sp³-hybridized carbons (Fsp3) is 0.769. The largest absolute Gasteiger partial charge is 0.481 e. The van der Waals surface area contributed by atoms with Crippen molar-refractivity contribution in [2.75, 3.05) is 6.54 Å². The van der Waals surface area contributed by atoms with Crippen molar-refractivity contribution < 1.29 is 19.5 Å². The standard InChI is InChI=1S/C13H22N2O4/c16-11(7-4-8-12(17)18)15-13(19)14-9-10-5-2-1-3-6-10/h10H,1-9H2,(H,17,18)(H2,14,15,16,19). The number of hydrogen-bond donors (Lipinski definition) is 3. The second-order valence-corrected chi connectivity index (χ2v) is 5.01. The Hall–Kier alpha value is -1.59. The molecular formula is C13H22N2O4. The normalized spacial score (nSPS) is 15.8. The number of amides is 3. The minimum atomic E-state index is -0.936. The van der Waals surface area contributed by atoms with Gasteiger partial charge in [0.1, 0.15) is 0 Å². The van der Waals surface area contributed by atoms with E-state index in [4.69, 9.17) is 5.11 Å². The van der Waals surface area contributed by atoms with Gasteiger partial charge in [0.2, 0.25) is 5.91 Å². The van der Waals surface area contributed by atoms with Crippen LogP contribution in [0, 0.1) is 5.92 Å². The molecule has 19 heavy (non-hydrogen) atoms. The Labute approximate surface area is 112 Å². The monoisotopic (exact) mass is 270 g/mol. The molecule has 0 aromatic carbocycles. The van der Waals surface area contributed by atoms with E-state index in [9.17, 15) is 14.4 Å². The molecule has 0 heterocycles. The van der Waals surface area contributed by atoms with E-state index in [1.807, 2.05) is 0 Å². The molecule has 0 aliphatic heterocycles. The van der Waals surface area contributed by atoms with Crippen LogP contribution >= 0.6 is 0 Å². The van der Waals surface area contributed by atoms with Crippen molar-refractivity contribution in [3.8, 4) is 0 Å². The van der Waals surface area contributed by atoms with Crippen LogP contribution in [-0.4, -0.2) is 29.6 Å². The van der Waals surface area contributed by atoms with Crippen molar-refractivity contribution in [1.82, 2.24) is 10.6 Å². The van der Waals surface area contributed by atoms with Gasteiger partial charge in [-0.15, -0.1) is 0 Å². The summed E-state index contributed by atoms with van der Waals surface area (Å²) in [5, 5.41) is 13.3. The van der Waals surface area contributed by atoms with Gasteiger partial charge in [0.15, 0.2) is 0 Å². The lowest BCUT2D eigenvalue weighted by molar-refractivity contribution is -0.137. The van der Waals surface area contributed by atoms with Crippen LogP contribution in [0.2, 0.25) is 0 Å². The van der Waals surface area contributed by atoms with Crippen molar-refractivity contribution in [2.24, 2.45) is 5.92 Å². The average molecular weight is 270 g/mol. The van der Waals surface area contributed by atoms with Crippen LogP contribution in [0.3, 0.4) is 0 Å². The van der Waals surface area contributed by atoms with E-state index in [0.717, 1.165) is 12.8 Å². The van der Waals surface area contributed by atoms with Crippen molar-refractivity contribution in [1.29, 1.82) is 0 Å². The molecule has 1 aliphatic carbocycles. The lowest BCUT2D eigenvalue weighted by Gasteiger charge is -2.21. The number of carbonyl (C=O) groups is 3. The Balaban J connectivity index is 2.08. The Morgan fingerprint density at radius 2 is 1.74 bits per heavy atom. The molecule has 6 nitrogen and oxygen atoms in total. The van der Waals surface area contributed by atoms with Crippen LogP contribution in [0.5, 0.6) is 0 Å². The number of imide groups is 1. The molecule has 0 atom stereocenters. The topological polar surface area (TPSA) is 95.5 Å². The van der Waals surface area contributed by atoms with Crippen LogP contribution in [0.15, 0.2) is 0 Å². The molecular weight excluding hydrogens is 248 g/mol. The van der Waals surface area contributed by atoms with Gasteiger partial charge in [0.05, 0.1) is 0 Å². The maximum Gasteiger partial charge on any atom is 0.321 e. The summed E-state index contributed by atoms with van der Waals surface area (Å²) in [6, 6.07) is -0.481. The van der Waals surface area contributed by atoms with E-state index in [1.54, 1.807) is 0 Å². The first-order valence-electron chi connectivity index (χ1n) is 6.87. The molecule has 1 fully saturated rings. The zero-order valence-corrected chi connectivity index (χ0v) is 11.1. The molecule has 0 bridgehead atoms. The van der Waals surface area contributed by atoms with Gasteiger partial charge >= 0.3 is 12.0 Å². The summed E-state index contributed by atoms with van der Waals surface area (Å²) in [5.41, 5.74) is 0. The summed E-state index contributed by atoms with van der Waals surface area (Å²) in [4.78, 5) is 33.0. The molecule has 3 amide bonds. The van der Waals surface area contributed by atoms with E-state index in [-0.39, 0.29) is 19.3 Å². The van der Waals surface area contributed by atoms with Crippen LogP contribution in [0.4, 0.5) is 4.79 Å². The number of hydrogen-bond acceptors (Lipinski definition) is 3. The summed E-state index contributed by atoms with van der Waals surface area (Å²) < 4.78 is 0. The summed E-state index contributed by atoms with van der Waals surface area (Å²) in [7, 11) is 0. The van der Waals surface area contributed by atoms with Crippen molar-refractivity contribution >= 4 is 17.9 Å². The second-order valence-electron chi connectivity index (χ2n) is 5.01. The van der Waals surface area contributed by atoms with E-state index < -0.39 is 17.9 Å². The molecule has 1 saturated carbocycles. The molecule has 3 N–H and O–H groups in total. The minimum absolute atomic E-state index is 0.0584. The molecule has 0 radical (unpaired) electrons. The van der Waals surface area contributed by atoms with E-state index in [2.05, 4.69) is 10.6 Å². The zero-order valence-electron chi connectivity index (χ0n) is 11.1. The van der Waals surface area contributed by atoms with Crippen molar-refractivity contribution in [2.45, 2.75) is 51.4 Å². The number of rotatable bonds is 6. The van der Waals surface area contributed by atoms with E-state index in [1.165, 1.54) is 19.3 Å². The fourth-order valence-corrected chi connectivity index (χ4v) is 2.26. The van der Waals surface area contributed by atoms with Gasteiger partial charge in [-0.2, -0.15) is 0 Å². The molecule has 0 saturated heterocycles. The Kier molecular flexibility index (Phi) is 6.92. The van der Waals surface area contributed by atoms with Crippen LogP contribution < -0.4 is 10.6 Å². The predicted octanol–water partition coefficient (Wildman–Crippen LogP) is 1.65. The second kappa shape index (κ2) is 8.50. The quantitative estimate of drug-likeness (QED) is 0.683. The van der Waals surface area contributed by atoms with Gasteiger partial charge < -0.3 is 10.4 Å². The number of carboxylic acids is 1. The Morgan fingerprint density at radius 1 is 1.05 bits per heavy atom. The molecule has 0 aromatic rings. The van der Waals surface area contributed by atoms with Crippen LogP contribution in [0.25, 0.3) is 0 Å². The summed E-state index contributed by atoms with van der Waals surface area (Å²) >= 11 is 0. The molecule has 0 unspecified atom stereocenters. The third kappa shape index (κ3) is 7.43. The molecule has 0 spiro atoms. The number of carboxylic acid groups (broad SMARTS) is 1. The number of nitrogens with one attached hydrogen (secondary N) is 2. The first-order valence-corrected chi connectivity index (χ1v) is 6.87. The summed E-state index contributed by atoms with van der Waals surface area (Å²) in [5.74, 6) is -0.849. The Bertz CT molecular complexity index is 325. The first kappa shape index (κ1) is 15.5. The summed E-state index contributed by atoms with van der Waals surface area (Å²) in [6.07, 6.45) is 6.20. The third-order valence-electron chi connectivity index (χ3n) is 3.32. The SMILES string of the molecule is O=C(O)CCCC(=O)NC(=O)NCC1CCCCC1. The van der Waals surface area contributed by atoms with E-state index in [0.29, 0.717) is 12.5 Å². The fourth-order valence-electron chi connectivity index (χ4n) is 2.26. The molecule has 1 aliphatic rings. The zero-order chi connectivity index (χ0) is 14.1. The molecule has 1 rings (SSSR count). The highest BCUT2D eigenvalue weighted by Crippen LogP contribution is 2.22. The number of urea groups is 1. The highest BCUT2D eigenvalue weighted by Gasteiger charge is 2.15. The van der Waals surface area contributed by atoms with Crippen LogP contribution in [0.1, 0.15) is 51.4 Å². The van der Waals surface area contributed by atoms with Gasteiger partial charge in [-0.25, -0.2) is 4.79 Å². The third-order valence-corrected chi connectivity index (χ3v) is 3.32. The molecule has 6 heteroatoms. The highest BCUT2D eigenvalue weighted by molar-refractivity contribution is 5.94. The number of aliphatic carboxylic acids is 1. The Morgan fingerprint density at radius 3 is 2.37 bits per heavy atom. The average Bonchev–Trinajstić information content (AvgIpc) is 2.37. The maximum atomic E-state index is 11.4. The first-order chi connectivity index (χ1) is 9.08. The van der Waals surface area contributed by atoms with Gasteiger partial charge in [-0.3, -0.25) is 14.9 Å². The summed E-state index contributed by atoms with van der Waals surface area (Å²) in [6.45, 7) is 0.605. The highest BCUT2D eigenvalue weighted by atomic mass is 16.4. The van der Waals surface area contributed by atoms with Gasteiger partial charge in [-0.05, 0) is 25.2 Å². The van der Waals surface area contributed by atoms with Crippen molar-refractivity contribution in [3.63, 3.8) is 0 Å². The van der Waals surface area contributed by atoms with Gasteiger partial charge in [0.25, 0.3) is 0 Å². The maximum absolute atomic E-state index is 11.4. The van der Waals surface area contributed by atoms with Crippen LogP contribution in [-0.2, 0) is 9.59 Å². The lowest BCUT2D eigenvalue weighted by atomic mass is 9.89. The smallest absolute Gasteiger partial charge is 0.321 e. The van der Waals surface area contributed by atoms with Gasteiger partial charge in [-0.1, -0.05) is 19.3 Å². The van der Waals surface area contributed by atoms with E-state index >= 15 is 0 Å². The lowest BCUT2D eigenvalue weighted by Crippen LogP contribution is -2.41. The van der Waals surface area contributed by atoms with Gasteiger partial charge in [0, 0.05) is 19.4 Å². The number of carbonyl (C=O) groups excluding carboxylic acids is 2. The molecule has 0 aromatic heterocycles. The minimum Gasteiger partial charge on any atom is -0.481 e. The predicted molar refractivity (Wildman–Crippen MR) is 69.6 cm³/mol. The van der Waals surface area contributed by atoms with Crippen molar-refractivity contribution in [3.05, 3.63) is 0 Å². The molecule has 108 valence electrons.